The maximum absolute atomic E-state index is 12.4. The molecule has 0 radical (unpaired) electrons. The number of Topliss-reactive ketones (excluding diaryl/α,β-unsaturated/α-hetero) is 1. The summed E-state index contributed by atoms with van der Waals surface area (Å²) in [6, 6.07) is 10.4. The second-order valence-electron chi connectivity index (χ2n) is 6.09. The topological polar surface area (TPSA) is 112 Å². The summed E-state index contributed by atoms with van der Waals surface area (Å²) in [7, 11) is 1.29. The van der Waals surface area contributed by atoms with Crippen LogP contribution in [-0.2, 0) is 9.63 Å². The maximum Gasteiger partial charge on any atom is 0.387 e. The van der Waals surface area contributed by atoms with Gasteiger partial charge in [-0.25, -0.2) is 0 Å². The van der Waals surface area contributed by atoms with E-state index in [0.29, 0.717) is 16.8 Å². The second kappa shape index (κ2) is 10.2. The normalized spacial score (nSPS) is 12.3. The van der Waals surface area contributed by atoms with Crippen molar-refractivity contribution in [3.63, 3.8) is 0 Å². The number of nitrogens with two attached hydrogens (primary N) is 1. The Morgan fingerprint density at radius 3 is 2.47 bits per heavy atom. The largest absolute Gasteiger partial charge is 0.493 e. The van der Waals surface area contributed by atoms with Gasteiger partial charge in [-0.3, -0.25) is 9.59 Å². The number of alkyl halides is 2. The van der Waals surface area contributed by atoms with Crippen molar-refractivity contribution >= 4 is 23.2 Å². The standard InChI is InChI=1S/C20H21F2N3O5/c1-11(26)13-5-4-6-15(9-13)24-19(27)12(2)30-25-18(23)14-7-8-16(29-20(21)22)17(10-14)28-3/h4-10,12,20H,1-3H3,(H2,23,25)(H,24,27). The van der Waals surface area contributed by atoms with Crippen molar-refractivity contribution in [1.29, 1.82) is 0 Å². The van der Waals surface area contributed by atoms with E-state index in [1.165, 1.54) is 39.2 Å². The molecule has 1 unspecified atom stereocenters. The summed E-state index contributed by atoms with van der Waals surface area (Å²) in [6.07, 6.45) is -1.01. The van der Waals surface area contributed by atoms with Gasteiger partial charge in [0.1, 0.15) is 0 Å². The van der Waals surface area contributed by atoms with Crippen molar-refractivity contribution in [2.75, 3.05) is 12.4 Å². The molecule has 160 valence electrons. The Morgan fingerprint density at radius 2 is 1.83 bits per heavy atom. The van der Waals surface area contributed by atoms with Crippen molar-refractivity contribution in [3.8, 4) is 11.5 Å². The molecule has 2 aromatic rings. The van der Waals surface area contributed by atoms with Crippen LogP contribution in [0, 0.1) is 0 Å². The Kier molecular flexibility index (Phi) is 7.68. The number of anilines is 1. The molecule has 0 spiro atoms. The number of methoxy groups -OCH3 is 1. The molecule has 2 rings (SSSR count). The number of hydrogen-bond acceptors (Lipinski definition) is 6. The van der Waals surface area contributed by atoms with E-state index in [9.17, 15) is 18.4 Å². The van der Waals surface area contributed by atoms with Gasteiger partial charge in [0.15, 0.2) is 23.1 Å². The van der Waals surface area contributed by atoms with E-state index in [1.54, 1.807) is 24.3 Å². The molecule has 0 aliphatic heterocycles. The summed E-state index contributed by atoms with van der Waals surface area (Å²) < 4.78 is 34.1. The van der Waals surface area contributed by atoms with E-state index in [1.807, 2.05) is 0 Å². The number of nitrogens with zero attached hydrogens (tertiary/aromatic N) is 1. The number of carbonyl (C=O) groups is 2. The number of nitrogens with one attached hydrogen (secondary N) is 1. The van der Waals surface area contributed by atoms with Gasteiger partial charge >= 0.3 is 6.61 Å². The van der Waals surface area contributed by atoms with Crippen LogP contribution >= 0.6 is 0 Å². The van der Waals surface area contributed by atoms with Gasteiger partial charge < -0.3 is 25.4 Å². The molecular weight excluding hydrogens is 400 g/mol. The van der Waals surface area contributed by atoms with E-state index >= 15 is 0 Å². The Hall–Kier alpha value is -3.69. The molecule has 2 aromatic carbocycles. The number of carbonyl (C=O) groups excluding carboxylic acids is 2. The van der Waals surface area contributed by atoms with Crippen molar-refractivity contribution in [3.05, 3.63) is 53.6 Å². The molecule has 10 heteroatoms. The van der Waals surface area contributed by atoms with Crippen LogP contribution in [0.1, 0.15) is 29.8 Å². The third-order valence-electron chi connectivity index (χ3n) is 3.89. The van der Waals surface area contributed by atoms with E-state index in [4.69, 9.17) is 15.3 Å². The van der Waals surface area contributed by atoms with Gasteiger partial charge in [-0.15, -0.1) is 0 Å². The first-order valence-corrected chi connectivity index (χ1v) is 8.75. The number of amidine groups is 1. The van der Waals surface area contributed by atoms with E-state index in [2.05, 4.69) is 15.2 Å². The molecule has 8 nitrogen and oxygen atoms in total. The summed E-state index contributed by atoms with van der Waals surface area (Å²) in [4.78, 5) is 28.8. The van der Waals surface area contributed by atoms with Crippen molar-refractivity contribution in [1.82, 2.24) is 0 Å². The Bertz CT molecular complexity index is 950. The van der Waals surface area contributed by atoms with Crippen LogP contribution in [0.4, 0.5) is 14.5 Å². The molecule has 0 aromatic heterocycles. The van der Waals surface area contributed by atoms with Crippen LogP contribution in [0.25, 0.3) is 0 Å². The predicted octanol–water partition coefficient (Wildman–Crippen LogP) is 3.16. The molecule has 0 saturated heterocycles. The van der Waals surface area contributed by atoms with Crippen LogP contribution in [0.2, 0.25) is 0 Å². The number of ketones is 1. The molecule has 0 bridgehead atoms. The third kappa shape index (κ3) is 6.16. The lowest BCUT2D eigenvalue weighted by Gasteiger charge is -2.13. The first kappa shape index (κ1) is 22.6. The predicted molar refractivity (Wildman–Crippen MR) is 106 cm³/mol. The molecule has 3 N–H and O–H groups in total. The lowest BCUT2D eigenvalue weighted by atomic mass is 10.1. The molecule has 1 atom stereocenters. The smallest absolute Gasteiger partial charge is 0.387 e. The lowest BCUT2D eigenvalue weighted by Crippen LogP contribution is -2.27. The second-order valence-corrected chi connectivity index (χ2v) is 6.09. The average molecular weight is 421 g/mol. The number of halogens is 2. The number of amides is 1. The summed E-state index contributed by atoms with van der Waals surface area (Å²) in [5, 5.41) is 6.31. The number of benzene rings is 2. The van der Waals surface area contributed by atoms with Crippen molar-refractivity contribution < 1.29 is 32.7 Å². The minimum absolute atomic E-state index is 0.0297. The average Bonchev–Trinajstić information content (AvgIpc) is 2.71. The summed E-state index contributed by atoms with van der Waals surface area (Å²) in [5.41, 5.74) is 7.04. The zero-order valence-corrected chi connectivity index (χ0v) is 16.5. The van der Waals surface area contributed by atoms with Crippen LogP contribution in [0.5, 0.6) is 11.5 Å². The van der Waals surface area contributed by atoms with Crippen LogP contribution < -0.4 is 20.5 Å². The number of ether oxygens (including phenoxy) is 2. The fourth-order valence-corrected chi connectivity index (χ4v) is 2.32. The number of hydrogen-bond donors (Lipinski definition) is 2. The molecule has 30 heavy (non-hydrogen) atoms. The van der Waals surface area contributed by atoms with Gasteiger partial charge in [0, 0.05) is 16.8 Å². The zero-order chi connectivity index (χ0) is 22.3. The molecule has 0 aliphatic carbocycles. The third-order valence-corrected chi connectivity index (χ3v) is 3.89. The fraction of sp³-hybridized carbons (Fsp3) is 0.250. The Morgan fingerprint density at radius 1 is 1.10 bits per heavy atom. The lowest BCUT2D eigenvalue weighted by molar-refractivity contribution is -0.126. The summed E-state index contributed by atoms with van der Waals surface area (Å²) in [5.74, 6) is -0.874. The minimum Gasteiger partial charge on any atom is -0.493 e. The number of oxime groups is 1. The molecular formula is C20H21F2N3O5. The maximum atomic E-state index is 12.4. The molecule has 0 fully saturated rings. The van der Waals surface area contributed by atoms with Crippen LogP contribution in [0.15, 0.2) is 47.6 Å². The highest BCUT2D eigenvalue weighted by Gasteiger charge is 2.16. The van der Waals surface area contributed by atoms with E-state index < -0.39 is 18.6 Å². The quantitative estimate of drug-likeness (QED) is 0.278. The molecule has 1 amide bonds. The van der Waals surface area contributed by atoms with Gasteiger partial charge in [0.2, 0.25) is 6.10 Å². The Labute approximate surface area is 171 Å². The summed E-state index contributed by atoms with van der Waals surface area (Å²) >= 11 is 0. The van der Waals surface area contributed by atoms with Gasteiger partial charge in [-0.1, -0.05) is 17.3 Å². The van der Waals surface area contributed by atoms with Crippen molar-refractivity contribution in [2.45, 2.75) is 26.6 Å². The molecule has 0 heterocycles. The van der Waals surface area contributed by atoms with Gasteiger partial charge in [-0.2, -0.15) is 8.78 Å². The Balaban J connectivity index is 2.04. The highest BCUT2D eigenvalue weighted by molar-refractivity contribution is 5.99. The monoisotopic (exact) mass is 421 g/mol. The van der Waals surface area contributed by atoms with Gasteiger partial charge in [0.05, 0.1) is 7.11 Å². The van der Waals surface area contributed by atoms with Crippen LogP contribution in [-0.4, -0.2) is 37.4 Å². The SMILES string of the molecule is COc1cc(/C(N)=N/OC(C)C(=O)Nc2cccc(C(C)=O)c2)ccc1OC(F)F. The zero-order valence-electron chi connectivity index (χ0n) is 16.5. The first-order valence-electron chi connectivity index (χ1n) is 8.75. The minimum atomic E-state index is -3.01. The van der Waals surface area contributed by atoms with E-state index in [-0.39, 0.29) is 23.1 Å². The molecule has 0 saturated carbocycles. The molecule has 0 aliphatic rings. The van der Waals surface area contributed by atoms with Crippen molar-refractivity contribution in [2.24, 2.45) is 10.9 Å². The summed E-state index contributed by atoms with van der Waals surface area (Å²) in [6.45, 7) is -0.124. The van der Waals surface area contributed by atoms with Gasteiger partial charge in [-0.05, 0) is 44.2 Å². The number of rotatable bonds is 9. The fourth-order valence-electron chi connectivity index (χ4n) is 2.32. The van der Waals surface area contributed by atoms with Gasteiger partial charge in [0.25, 0.3) is 5.91 Å². The highest BCUT2D eigenvalue weighted by Crippen LogP contribution is 2.29. The highest BCUT2D eigenvalue weighted by atomic mass is 19.3. The van der Waals surface area contributed by atoms with Crippen LogP contribution in [0.3, 0.4) is 0 Å². The first-order chi connectivity index (χ1) is 14.2. The van der Waals surface area contributed by atoms with E-state index in [0.717, 1.165) is 0 Å².